The minimum atomic E-state index is -3.12. The van der Waals surface area contributed by atoms with Crippen LogP contribution in [0.5, 0.6) is 6.01 Å². The summed E-state index contributed by atoms with van der Waals surface area (Å²) < 4.78 is 44.7. The zero-order valence-electron chi connectivity index (χ0n) is 22.8. The number of hydrogen-bond acceptors (Lipinski definition) is 9. The predicted molar refractivity (Wildman–Crippen MR) is 152 cm³/mol. The number of benzene rings is 2. The minimum Gasteiger partial charge on any atom is -0.463 e. The number of carbonyl (C=O) groups excluding carboxylic acids is 1. The van der Waals surface area contributed by atoms with Crippen LogP contribution in [-0.2, 0) is 16.9 Å². The fraction of sp³-hybridized carbons (Fsp3) is 0.407. The predicted octanol–water partition coefficient (Wildman–Crippen LogP) is 2.91. The van der Waals surface area contributed by atoms with E-state index in [0.29, 0.717) is 16.3 Å². The van der Waals surface area contributed by atoms with Gasteiger partial charge in [0.2, 0.25) is 0 Å². The molecule has 0 bridgehead atoms. The van der Waals surface area contributed by atoms with Gasteiger partial charge in [-0.1, -0.05) is 0 Å². The highest BCUT2D eigenvalue weighted by atomic mass is 32.2. The number of piperazine rings is 1. The maximum atomic E-state index is 14.6. The highest BCUT2D eigenvalue weighted by molar-refractivity contribution is 7.90. The zero-order valence-corrected chi connectivity index (χ0v) is 23.6. The average Bonchev–Trinajstić information content (AvgIpc) is 3.25. The molecule has 212 valence electrons. The van der Waals surface area contributed by atoms with Gasteiger partial charge in [-0.05, 0) is 44.5 Å². The van der Waals surface area contributed by atoms with Gasteiger partial charge in [-0.25, -0.2) is 17.8 Å². The van der Waals surface area contributed by atoms with Crippen LogP contribution in [0.25, 0.3) is 21.8 Å². The van der Waals surface area contributed by atoms with Crippen LogP contribution in [0.2, 0.25) is 0 Å². The summed E-state index contributed by atoms with van der Waals surface area (Å²) in [6.07, 6.45) is 4.75. The number of sulfone groups is 1. The molecule has 2 atom stereocenters. The summed E-state index contributed by atoms with van der Waals surface area (Å²) in [5.74, 6) is -1.03. The van der Waals surface area contributed by atoms with Crippen LogP contribution in [0.15, 0.2) is 36.7 Å². The van der Waals surface area contributed by atoms with Crippen molar-refractivity contribution in [3.63, 3.8) is 0 Å². The molecular weight excluding hydrogens is 537 g/mol. The molecule has 2 aromatic carbocycles. The second kappa shape index (κ2) is 11.0. The maximum absolute atomic E-state index is 14.6. The molecule has 1 saturated heterocycles. The van der Waals surface area contributed by atoms with Gasteiger partial charge in [0.1, 0.15) is 15.4 Å². The van der Waals surface area contributed by atoms with Crippen molar-refractivity contribution in [1.82, 2.24) is 25.1 Å². The van der Waals surface area contributed by atoms with Crippen LogP contribution in [-0.4, -0.2) is 77.9 Å². The van der Waals surface area contributed by atoms with Gasteiger partial charge in [-0.3, -0.25) is 9.48 Å². The quantitative estimate of drug-likeness (QED) is 0.308. The Morgan fingerprint density at radius 3 is 2.67 bits per heavy atom. The van der Waals surface area contributed by atoms with E-state index in [1.165, 1.54) is 17.0 Å². The number of aromatic nitrogens is 4. The first-order valence-electron chi connectivity index (χ1n) is 13.0. The number of nitrogens with zero attached hydrogens (tertiary/aromatic N) is 5. The lowest BCUT2D eigenvalue weighted by Gasteiger charge is -2.38. The lowest BCUT2D eigenvalue weighted by molar-refractivity contribution is 0.102. The van der Waals surface area contributed by atoms with Gasteiger partial charge >= 0.3 is 6.01 Å². The Morgan fingerprint density at radius 1 is 1.20 bits per heavy atom. The largest absolute Gasteiger partial charge is 0.463 e. The van der Waals surface area contributed by atoms with Crippen LogP contribution in [0, 0.1) is 5.82 Å². The molecule has 1 aliphatic heterocycles. The van der Waals surface area contributed by atoms with Crippen LogP contribution < -0.4 is 20.3 Å². The fourth-order valence-corrected chi connectivity index (χ4v) is 5.75. The van der Waals surface area contributed by atoms with Gasteiger partial charge in [0.05, 0.1) is 23.4 Å². The molecule has 2 N–H and O–H groups in total. The van der Waals surface area contributed by atoms with E-state index >= 15 is 0 Å². The molecule has 5 rings (SSSR count). The monoisotopic (exact) mass is 569 g/mol. The van der Waals surface area contributed by atoms with Crippen molar-refractivity contribution in [2.75, 3.05) is 41.9 Å². The summed E-state index contributed by atoms with van der Waals surface area (Å²) in [5.41, 5.74) is 2.05. The van der Waals surface area contributed by atoms with Gasteiger partial charge in [0.25, 0.3) is 5.91 Å². The molecule has 11 nitrogen and oxygen atoms in total. The van der Waals surface area contributed by atoms with Crippen molar-refractivity contribution in [2.45, 2.75) is 32.4 Å². The van der Waals surface area contributed by atoms with Crippen LogP contribution in [0.1, 0.15) is 30.6 Å². The van der Waals surface area contributed by atoms with Crippen LogP contribution in [0.3, 0.4) is 0 Å². The second-order valence-electron chi connectivity index (χ2n) is 10.4. The van der Waals surface area contributed by atoms with Gasteiger partial charge in [0, 0.05) is 73.0 Å². The number of rotatable bonds is 8. The topological polar surface area (TPSA) is 131 Å². The normalized spacial score (nSPS) is 17.9. The van der Waals surface area contributed by atoms with E-state index in [1.807, 2.05) is 6.07 Å². The van der Waals surface area contributed by atoms with Crippen molar-refractivity contribution in [3.05, 3.63) is 48.0 Å². The number of fused-ring (bicyclic) bond motifs is 2. The lowest BCUT2D eigenvalue weighted by atomic mass is 10.0. The first kappa shape index (κ1) is 27.7. The summed E-state index contributed by atoms with van der Waals surface area (Å²) >= 11 is 0. The Labute approximate surface area is 231 Å². The van der Waals surface area contributed by atoms with E-state index in [1.54, 1.807) is 31.6 Å². The Bertz CT molecular complexity index is 1680. The molecule has 2 aromatic heterocycles. The molecule has 40 heavy (non-hydrogen) atoms. The van der Waals surface area contributed by atoms with Gasteiger partial charge in [-0.15, -0.1) is 0 Å². The number of anilines is 2. The Hall–Kier alpha value is -3.84. The van der Waals surface area contributed by atoms with Crippen LogP contribution in [0.4, 0.5) is 15.8 Å². The molecule has 13 heteroatoms. The SMILES string of the molecule is C[C@H]1CN(c2ccc(C(=O)Nc3cc(F)c4nn(C)cc4c3)c3nc(OCCCS(C)(=O)=O)ncc23)C[C@H](C)N1. The van der Waals surface area contributed by atoms with Crippen molar-refractivity contribution in [1.29, 1.82) is 0 Å². The number of carbonyl (C=O) groups is 1. The lowest BCUT2D eigenvalue weighted by Crippen LogP contribution is -2.54. The van der Waals surface area contributed by atoms with E-state index in [9.17, 15) is 17.6 Å². The van der Waals surface area contributed by atoms with Crippen molar-refractivity contribution >= 4 is 48.9 Å². The molecule has 3 heterocycles. The van der Waals surface area contributed by atoms with Crippen molar-refractivity contribution in [2.24, 2.45) is 7.05 Å². The van der Waals surface area contributed by atoms with E-state index < -0.39 is 21.6 Å². The van der Waals surface area contributed by atoms with E-state index in [0.717, 1.165) is 18.8 Å². The summed E-state index contributed by atoms with van der Waals surface area (Å²) in [4.78, 5) is 24.7. The highest BCUT2D eigenvalue weighted by Crippen LogP contribution is 2.31. The average molecular weight is 570 g/mol. The third-order valence-corrected chi connectivity index (χ3v) is 7.70. The van der Waals surface area contributed by atoms with Gasteiger partial charge in [0.15, 0.2) is 5.82 Å². The number of nitrogens with one attached hydrogen (secondary N) is 2. The van der Waals surface area contributed by atoms with Gasteiger partial charge < -0.3 is 20.3 Å². The molecule has 0 spiro atoms. The Balaban J connectivity index is 1.49. The zero-order chi connectivity index (χ0) is 28.6. The molecule has 1 fully saturated rings. The standard InChI is InChI=1S/C27H32FN7O4S/c1-16-13-35(14-17(2)30-16)23-7-6-20(25-21(23)12-29-27(32-25)39-8-5-9-40(4,37)38)26(36)31-19-10-18-15-34(3)33-24(18)22(28)11-19/h6-7,10-12,15-17,30H,5,8-9,13-14H2,1-4H3,(H,31,36)/t16-,17-/m0/s1. The van der Waals surface area contributed by atoms with E-state index in [2.05, 4.69) is 44.4 Å². The molecular formula is C27H32FN7O4S. The smallest absolute Gasteiger partial charge is 0.316 e. The molecule has 1 aliphatic rings. The number of ether oxygens (including phenoxy) is 1. The first-order chi connectivity index (χ1) is 19.0. The van der Waals surface area contributed by atoms with Gasteiger partial charge in [-0.2, -0.15) is 10.1 Å². The highest BCUT2D eigenvalue weighted by Gasteiger charge is 2.25. The second-order valence-corrected chi connectivity index (χ2v) is 12.7. The van der Waals surface area contributed by atoms with Crippen molar-refractivity contribution in [3.8, 4) is 6.01 Å². The first-order valence-corrected chi connectivity index (χ1v) is 15.1. The number of hydrogen-bond donors (Lipinski definition) is 2. The summed E-state index contributed by atoms with van der Waals surface area (Å²) in [6.45, 7) is 5.86. The van der Waals surface area contributed by atoms with E-state index in [4.69, 9.17) is 4.74 Å². The van der Waals surface area contributed by atoms with E-state index in [-0.39, 0.29) is 53.6 Å². The Kier molecular flexibility index (Phi) is 7.60. The van der Waals surface area contributed by atoms with Crippen molar-refractivity contribution < 1.29 is 22.3 Å². The molecule has 0 aliphatic carbocycles. The maximum Gasteiger partial charge on any atom is 0.316 e. The third-order valence-electron chi connectivity index (χ3n) is 6.67. The fourth-order valence-electron chi connectivity index (χ4n) is 5.11. The Morgan fingerprint density at radius 2 is 1.95 bits per heavy atom. The number of aryl methyl sites for hydroxylation is 1. The number of halogens is 1. The summed E-state index contributed by atoms with van der Waals surface area (Å²) in [6, 6.07) is 7.03. The van der Waals surface area contributed by atoms with Crippen LogP contribution >= 0.6 is 0 Å². The molecule has 4 aromatic rings. The molecule has 0 radical (unpaired) electrons. The number of amides is 1. The summed E-state index contributed by atoms with van der Waals surface area (Å²) in [7, 11) is -1.42. The molecule has 1 amide bonds. The minimum absolute atomic E-state index is 0.0183. The third kappa shape index (κ3) is 6.15. The molecule has 0 saturated carbocycles. The summed E-state index contributed by atoms with van der Waals surface area (Å²) in [5, 5.41) is 11.6. The molecule has 0 unspecified atom stereocenters.